The van der Waals surface area contributed by atoms with Crippen LogP contribution in [0, 0.1) is 0 Å². The minimum absolute atomic E-state index is 0.532. The first-order valence-electron chi connectivity index (χ1n) is 10.5. The van der Waals surface area contributed by atoms with E-state index in [1.807, 2.05) is 24.7 Å². The van der Waals surface area contributed by atoms with Gasteiger partial charge in [0.1, 0.15) is 11.5 Å². The van der Waals surface area contributed by atoms with Gasteiger partial charge in [0, 0.05) is 50.3 Å². The highest BCUT2D eigenvalue weighted by atomic mass is 16.5. The van der Waals surface area contributed by atoms with Crippen molar-refractivity contribution < 1.29 is 4.74 Å². The zero-order valence-electron chi connectivity index (χ0n) is 16.8. The van der Waals surface area contributed by atoms with E-state index in [4.69, 9.17) is 9.72 Å². The third-order valence-electron chi connectivity index (χ3n) is 6.12. The number of H-pyrrole nitrogens is 1. The largest absolute Gasteiger partial charge is 0.378 e. The molecule has 0 amide bonds. The Morgan fingerprint density at radius 1 is 1.07 bits per heavy atom. The first-order chi connectivity index (χ1) is 14.3. The molecule has 0 atom stereocenters. The van der Waals surface area contributed by atoms with Crippen molar-refractivity contribution in [2.75, 3.05) is 43.2 Å². The smallest absolute Gasteiger partial charge is 0.225 e. The van der Waals surface area contributed by atoms with Crippen molar-refractivity contribution in [2.45, 2.75) is 38.1 Å². The van der Waals surface area contributed by atoms with Crippen molar-refractivity contribution in [3.8, 4) is 11.3 Å². The third kappa shape index (κ3) is 3.53. The van der Waals surface area contributed by atoms with E-state index in [9.17, 15) is 0 Å². The minimum atomic E-state index is 0.532. The summed E-state index contributed by atoms with van der Waals surface area (Å²) in [7, 11) is 2.16. The number of anilines is 2. The number of nitrogens with zero attached hydrogens (tertiary/aromatic N) is 6. The number of rotatable bonds is 4. The quantitative estimate of drug-likeness (QED) is 0.729. The monoisotopic (exact) mass is 393 g/mol. The van der Waals surface area contributed by atoms with Crippen LogP contribution < -0.4 is 9.80 Å². The van der Waals surface area contributed by atoms with E-state index in [-0.39, 0.29) is 0 Å². The average molecular weight is 393 g/mol. The molecule has 0 radical (unpaired) electrons. The van der Waals surface area contributed by atoms with Crippen molar-refractivity contribution in [1.82, 2.24) is 25.1 Å². The first-order valence-corrected chi connectivity index (χ1v) is 10.5. The molecule has 5 rings (SSSR count). The fraction of sp³-hybridized carbons (Fsp3) is 0.524. The number of aromatic amines is 1. The molecule has 1 aliphatic carbocycles. The van der Waals surface area contributed by atoms with Crippen LogP contribution in [-0.2, 0) is 4.74 Å². The highest BCUT2D eigenvalue weighted by Gasteiger charge is 2.23. The van der Waals surface area contributed by atoms with Crippen LogP contribution in [0.1, 0.15) is 32.1 Å². The Morgan fingerprint density at radius 2 is 1.83 bits per heavy atom. The molecular formula is C21H27N7O. The predicted molar refractivity (Wildman–Crippen MR) is 113 cm³/mol. The number of ether oxygens (including phenoxy) is 1. The van der Waals surface area contributed by atoms with E-state index >= 15 is 0 Å². The molecule has 1 aliphatic heterocycles. The molecule has 0 aromatic carbocycles. The Labute approximate surface area is 170 Å². The van der Waals surface area contributed by atoms with Gasteiger partial charge in [-0.1, -0.05) is 19.3 Å². The van der Waals surface area contributed by atoms with Gasteiger partial charge in [-0.3, -0.25) is 5.10 Å². The van der Waals surface area contributed by atoms with Gasteiger partial charge in [-0.25, -0.2) is 15.0 Å². The third-order valence-corrected chi connectivity index (χ3v) is 6.12. The maximum atomic E-state index is 5.41. The van der Waals surface area contributed by atoms with Gasteiger partial charge in [0.25, 0.3) is 0 Å². The Morgan fingerprint density at radius 3 is 2.59 bits per heavy atom. The van der Waals surface area contributed by atoms with E-state index < -0.39 is 0 Å². The van der Waals surface area contributed by atoms with Crippen LogP contribution in [0.4, 0.5) is 11.8 Å². The Hall–Kier alpha value is -2.74. The van der Waals surface area contributed by atoms with Crippen molar-refractivity contribution in [2.24, 2.45) is 0 Å². The summed E-state index contributed by atoms with van der Waals surface area (Å²) < 4.78 is 5.41. The van der Waals surface area contributed by atoms with E-state index in [0.29, 0.717) is 6.04 Å². The molecule has 1 N–H and O–H groups in total. The fourth-order valence-electron chi connectivity index (χ4n) is 4.44. The minimum Gasteiger partial charge on any atom is -0.378 e. The molecule has 152 valence electrons. The summed E-state index contributed by atoms with van der Waals surface area (Å²) in [5, 5.41) is 8.80. The highest BCUT2D eigenvalue weighted by Crippen LogP contribution is 2.34. The van der Waals surface area contributed by atoms with Crippen LogP contribution in [0.15, 0.2) is 24.7 Å². The Kier molecular flexibility index (Phi) is 5.01. The van der Waals surface area contributed by atoms with Gasteiger partial charge in [-0.05, 0) is 18.9 Å². The van der Waals surface area contributed by atoms with Crippen LogP contribution in [0.2, 0.25) is 0 Å². The van der Waals surface area contributed by atoms with Crippen molar-refractivity contribution >= 4 is 22.7 Å². The van der Waals surface area contributed by atoms with Gasteiger partial charge in [0.05, 0.1) is 24.1 Å². The normalized spacial score (nSPS) is 18.3. The van der Waals surface area contributed by atoms with Crippen molar-refractivity contribution in [1.29, 1.82) is 0 Å². The van der Waals surface area contributed by atoms with Gasteiger partial charge in [0.15, 0.2) is 0 Å². The topological polar surface area (TPSA) is 83.1 Å². The van der Waals surface area contributed by atoms with E-state index in [1.165, 1.54) is 32.1 Å². The van der Waals surface area contributed by atoms with E-state index in [1.54, 1.807) is 0 Å². The van der Waals surface area contributed by atoms with Gasteiger partial charge < -0.3 is 14.5 Å². The molecule has 0 spiro atoms. The number of hydrogen-bond donors (Lipinski definition) is 1. The Balaban J connectivity index is 1.48. The van der Waals surface area contributed by atoms with Gasteiger partial charge >= 0.3 is 0 Å². The van der Waals surface area contributed by atoms with Gasteiger partial charge in [0.2, 0.25) is 5.95 Å². The molecule has 1 saturated heterocycles. The highest BCUT2D eigenvalue weighted by molar-refractivity contribution is 6.00. The second-order valence-electron chi connectivity index (χ2n) is 7.90. The summed E-state index contributed by atoms with van der Waals surface area (Å²) in [4.78, 5) is 18.4. The summed E-state index contributed by atoms with van der Waals surface area (Å²) in [5.41, 5.74) is 2.75. The number of pyridine rings is 1. The summed E-state index contributed by atoms with van der Waals surface area (Å²) in [6.45, 7) is 3.09. The zero-order valence-corrected chi connectivity index (χ0v) is 16.8. The maximum absolute atomic E-state index is 5.41. The number of morpholine rings is 1. The first kappa shape index (κ1) is 18.3. The molecule has 1 saturated carbocycles. The summed E-state index contributed by atoms with van der Waals surface area (Å²) in [6.07, 6.45) is 12.0. The summed E-state index contributed by atoms with van der Waals surface area (Å²) >= 11 is 0. The molecule has 0 bridgehead atoms. The van der Waals surface area contributed by atoms with Crippen molar-refractivity contribution in [3.05, 3.63) is 24.7 Å². The van der Waals surface area contributed by atoms with Crippen LogP contribution in [0.5, 0.6) is 0 Å². The van der Waals surface area contributed by atoms with E-state index in [0.717, 1.165) is 60.2 Å². The fourth-order valence-corrected chi connectivity index (χ4v) is 4.44. The lowest BCUT2D eigenvalue weighted by Gasteiger charge is -2.32. The number of aromatic nitrogens is 5. The average Bonchev–Trinajstić information content (AvgIpc) is 3.24. The van der Waals surface area contributed by atoms with Gasteiger partial charge in [-0.2, -0.15) is 5.10 Å². The molecular weight excluding hydrogens is 366 g/mol. The molecule has 29 heavy (non-hydrogen) atoms. The molecule has 2 aliphatic rings. The molecule has 8 nitrogen and oxygen atoms in total. The number of hydrogen-bond acceptors (Lipinski definition) is 7. The summed E-state index contributed by atoms with van der Waals surface area (Å²) in [5.74, 6) is 1.73. The lowest BCUT2D eigenvalue weighted by molar-refractivity contribution is 0.122. The zero-order chi connectivity index (χ0) is 19.6. The molecule has 3 aromatic heterocycles. The second kappa shape index (κ2) is 7.94. The number of fused-ring (bicyclic) bond motifs is 1. The predicted octanol–water partition coefficient (Wildman–Crippen LogP) is 3.02. The molecule has 8 heteroatoms. The molecule has 3 aromatic rings. The van der Waals surface area contributed by atoms with E-state index in [2.05, 4.69) is 37.0 Å². The number of nitrogens with one attached hydrogen (secondary N) is 1. The Bertz CT molecular complexity index is 959. The SMILES string of the molecule is CN(c1nccc2[nH]nc(-c3cnc(N4CCOCC4)nc3)c12)C1CCCCC1. The lowest BCUT2D eigenvalue weighted by atomic mass is 9.94. The van der Waals surface area contributed by atoms with Crippen molar-refractivity contribution in [3.63, 3.8) is 0 Å². The standard InChI is InChI=1S/C21H27N7O/c1-27(16-5-3-2-4-6-16)20-18-17(7-8-22-20)25-26-19(18)15-13-23-21(24-14-15)28-9-11-29-12-10-28/h7-8,13-14,16H,2-6,9-12H2,1H3,(H,25,26). The molecule has 4 heterocycles. The van der Waals surface area contributed by atoms with Gasteiger partial charge in [-0.15, -0.1) is 0 Å². The maximum Gasteiger partial charge on any atom is 0.225 e. The van der Waals surface area contributed by atoms with Crippen LogP contribution in [-0.4, -0.2) is 64.5 Å². The second-order valence-corrected chi connectivity index (χ2v) is 7.90. The lowest BCUT2D eigenvalue weighted by Crippen LogP contribution is -2.37. The molecule has 0 unspecified atom stereocenters. The molecule has 2 fully saturated rings. The van der Waals surface area contributed by atoms with Crippen LogP contribution in [0.3, 0.4) is 0 Å². The van der Waals surface area contributed by atoms with Crippen LogP contribution >= 0.6 is 0 Å². The van der Waals surface area contributed by atoms with Crippen LogP contribution in [0.25, 0.3) is 22.2 Å². The summed E-state index contributed by atoms with van der Waals surface area (Å²) in [6, 6.07) is 2.51.